The predicted octanol–water partition coefficient (Wildman–Crippen LogP) is 2.58. The molecule has 1 unspecified atom stereocenters. The molecule has 0 aromatic heterocycles. The maximum absolute atomic E-state index is 10.8. The van der Waals surface area contributed by atoms with Crippen LogP contribution in [0, 0.1) is 0 Å². The van der Waals surface area contributed by atoms with Crippen molar-refractivity contribution in [2.24, 2.45) is 0 Å². The smallest absolute Gasteiger partial charge is 0.302 e. The van der Waals surface area contributed by atoms with E-state index in [1.165, 1.54) is 6.92 Å². The van der Waals surface area contributed by atoms with Crippen molar-refractivity contribution in [1.29, 1.82) is 0 Å². The van der Waals surface area contributed by atoms with E-state index in [-0.39, 0.29) is 12.6 Å². The standard InChI is InChI=1S/C14H18O4/c1-5-14(3,10-17-11(2)15)18-13-8-6-12(16-4)7-9-13/h5-9H,1,10H2,2-4H3. The molecule has 0 N–H and O–H groups in total. The van der Waals surface area contributed by atoms with Crippen molar-refractivity contribution in [2.75, 3.05) is 13.7 Å². The van der Waals surface area contributed by atoms with Gasteiger partial charge >= 0.3 is 5.97 Å². The third-order valence-corrected chi connectivity index (χ3v) is 2.40. The lowest BCUT2D eigenvalue weighted by Gasteiger charge is -2.26. The van der Waals surface area contributed by atoms with Gasteiger partial charge in [0.15, 0.2) is 5.60 Å². The highest BCUT2D eigenvalue weighted by Crippen LogP contribution is 2.22. The molecule has 4 nitrogen and oxygen atoms in total. The van der Waals surface area contributed by atoms with Crippen LogP contribution in [-0.4, -0.2) is 25.3 Å². The van der Waals surface area contributed by atoms with Crippen LogP contribution in [0.15, 0.2) is 36.9 Å². The third-order valence-electron chi connectivity index (χ3n) is 2.40. The SMILES string of the molecule is C=CC(C)(COC(C)=O)Oc1ccc(OC)cc1. The van der Waals surface area contributed by atoms with Crippen LogP contribution in [0.5, 0.6) is 11.5 Å². The van der Waals surface area contributed by atoms with Gasteiger partial charge in [-0.1, -0.05) is 6.58 Å². The van der Waals surface area contributed by atoms with Crippen molar-refractivity contribution in [3.05, 3.63) is 36.9 Å². The lowest BCUT2D eigenvalue weighted by atomic mass is 10.1. The van der Waals surface area contributed by atoms with Gasteiger partial charge in [0.2, 0.25) is 0 Å². The summed E-state index contributed by atoms with van der Waals surface area (Å²) in [6.45, 7) is 6.98. The summed E-state index contributed by atoms with van der Waals surface area (Å²) in [6, 6.07) is 7.16. The second kappa shape index (κ2) is 6.10. The zero-order valence-corrected chi connectivity index (χ0v) is 10.9. The Bertz CT molecular complexity index is 410. The molecule has 1 aromatic rings. The molecule has 0 fully saturated rings. The van der Waals surface area contributed by atoms with E-state index in [1.807, 2.05) is 0 Å². The number of rotatable bonds is 6. The van der Waals surface area contributed by atoms with E-state index in [1.54, 1.807) is 44.4 Å². The molecule has 0 saturated heterocycles. The number of carbonyl (C=O) groups is 1. The Morgan fingerprint density at radius 2 is 1.89 bits per heavy atom. The first-order chi connectivity index (χ1) is 8.49. The largest absolute Gasteiger partial charge is 0.497 e. The molecule has 0 saturated carbocycles. The Morgan fingerprint density at radius 3 is 2.33 bits per heavy atom. The summed E-state index contributed by atoms with van der Waals surface area (Å²) in [5.41, 5.74) is -0.750. The Kier molecular flexibility index (Phi) is 4.77. The fourth-order valence-corrected chi connectivity index (χ4v) is 1.29. The van der Waals surface area contributed by atoms with Gasteiger partial charge < -0.3 is 14.2 Å². The van der Waals surface area contributed by atoms with Gasteiger partial charge in [-0.15, -0.1) is 0 Å². The van der Waals surface area contributed by atoms with Gasteiger partial charge in [0, 0.05) is 6.92 Å². The van der Waals surface area contributed by atoms with Crippen LogP contribution >= 0.6 is 0 Å². The molecule has 0 aliphatic rings. The lowest BCUT2D eigenvalue weighted by molar-refractivity contribution is -0.145. The molecule has 0 radical (unpaired) electrons. The average Bonchev–Trinajstić information content (AvgIpc) is 2.37. The van der Waals surface area contributed by atoms with E-state index >= 15 is 0 Å². The summed E-state index contributed by atoms with van der Waals surface area (Å²) in [5, 5.41) is 0. The van der Waals surface area contributed by atoms with E-state index < -0.39 is 5.60 Å². The number of ether oxygens (including phenoxy) is 3. The molecule has 0 bridgehead atoms. The number of methoxy groups -OCH3 is 1. The summed E-state index contributed by atoms with van der Waals surface area (Å²) >= 11 is 0. The number of benzene rings is 1. The fraction of sp³-hybridized carbons (Fsp3) is 0.357. The van der Waals surface area contributed by atoms with Gasteiger partial charge in [-0.2, -0.15) is 0 Å². The minimum absolute atomic E-state index is 0.123. The van der Waals surface area contributed by atoms with Crippen molar-refractivity contribution in [1.82, 2.24) is 0 Å². The number of hydrogen-bond acceptors (Lipinski definition) is 4. The summed E-state index contributed by atoms with van der Waals surface area (Å²) < 4.78 is 15.8. The molecule has 0 spiro atoms. The van der Waals surface area contributed by atoms with Crippen LogP contribution in [0.1, 0.15) is 13.8 Å². The van der Waals surface area contributed by atoms with Crippen molar-refractivity contribution in [2.45, 2.75) is 19.4 Å². The second-order valence-corrected chi connectivity index (χ2v) is 4.07. The zero-order valence-electron chi connectivity index (χ0n) is 10.9. The molecule has 0 aliphatic heterocycles. The number of carbonyl (C=O) groups excluding carboxylic acids is 1. The number of hydrogen-bond donors (Lipinski definition) is 0. The predicted molar refractivity (Wildman–Crippen MR) is 68.9 cm³/mol. The fourth-order valence-electron chi connectivity index (χ4n) is 1.29. The molecular formula is C14H18O4. The minimum atomic E-state index is -0.750. The Hall–Kier alpha value is -1.97. The molecule has 0 heterocycles. The Morgan fingerprint density at radius 1 is 1.33 bits per heavy atom. The van der Waals surface area contributed by atoms with Crippen molar-refractivity contribution in [3.63, 3.8) is 0 Å². The van der Waals surface area contributed by atoms with Gasteiger partial charge in [-0.3, -0.25) is 4.79 Å². The van der Waals surface area contributed by atoms with E-state index in [0.29, 0.717) is 5.75 Å². The molecule has 1 aromatic carbocycles. The minimum Gasteiger partial charge on any atom is -0.497 e. The quantitative estimate of drug-likeness (QED) is 0.575. The first kappa shape index (κ1) is 14.1. The molecule has 98 valence electrons. The Labute approximate surface area is 107 Å². The summed E-state index contributed by atoms with van der Waals surface area (Å²) in [5.74, 6) is 1.06. The monoisotopic (exact) mass is 250 g/mol. The highest BCUT2D eigenvalue weighted by atomic mass is 16.6. The lowest BCUT2D eigenvalue weighted by Crippen LogP contribution is -2.36. The highest BCUT2D eigenvalue weighted by molar-refractivity contribution is 5.66. The molecule has 0 amide bonds. The van der Waals surface area contributed by atoms with Crippen molar-refractivity contribution >= 4 is 5.97 Å². The normalized spacial score (nSPS) is 13.3. The van der Waals surface area contributed by atoms with Gasteiger partial charge in [0.1, 0.15) is 18.1 Å². The molecule has 18 heavy (non-hydrogen) atoms. The summed E-state index contributed by atoms with van der Waals surface area (Å²) in [6.07, 6.45) is 1.61. The van der Waals surface area contributed by atoms with Gasteiger partial charge in [0.05, 0.1) is 7.11 Å². The van der Waals surface area contributed by atoms with Crippen LogP contribution in [0.4, 0.5) is 0 Å². The van der Waals surface area contributed by atoms with E-state index in [0.717, 1.165) is 5.75 Å². The topological polar surface area (TPSA) is 44.8 Å². The molecule has 0 aliphatic carbocycles. The number of esters is 1. The maximum atomic E-state index is 10.8. The highest BCUT2D eigenvalue weighted by Gasteiger charge is 2.24. The molecule has 1 rings (SSSR count). The average molecular weight is 250 g/mol. The van der Waals surface area contributed by atoms with Gasteiger partial charge in [-0.25, -0.2) is 0 Å². The zero-order chi connectivity index (χ0) is 13.6. The van der Waals surface area contributed by atoms with E-state index in [9.17, 15) is 4.79 Å². The van der Waals surface area contributed by atoms with Crippen LogP contribution in [-0.2, 0) is 9.53 Å². The maximum Gasteiger partial charge on any atom is 0.302 e. The van der Waals surface area contributed by atoms with Gasteiger partial charge in [-0.05, 0) is 37.3 Å². The Balaban J connectivity index is 2.71. The molecular weight excluding hydrogens is 232 g/mol. The van der Waals surface area contributed by atoms with Crippen LogP contribution in [0.25, 0.3) is 0 Å². The molecule has 4 heteroatoms. The van der Waals surface area contributed by atoms with E-state index in [4.69, 9.17) is 14.2 Å². The van der Waals surface area contributed by atoms with Crippen LogP contribution < -0.4 is 9.47 Å². The first-order valence-electron chi connectivity index (χ1n) is 5.59. The first-order valence-corrected chi connectivity index (χ1v) is 5.59. The summed E-state index contributed by atoms with van der Waals surface area (Å²) in [4.78, 5) is 10.8. The van der Waals surface area contributed by atoms with Gasteiger partial charge in [0.25, 0.3) is 0 Å². The van der Waals surface area contributed by atoms with Crippen molar-refractivity contribution < 1.29 is 19.0 Å². The second-order valence-electron chi connectivity index (χ2n) is 4.07. The third kappa shape index (κ3) is 4.13. The molecule has 1 atom stereocenters. The van der Waals surface area contributed by atoms with E-state index in [2.05, 4.69) is 6.58 Å². The summed E-state index contributed by atoms with van der Waals surface area (Å²) in [7, 11) is 1.60. The van der Waals surface area contributed by atoms with Crippen LogP contribution in [0.3, 0.4) is 0 Å². The van der Waals surface area contributed by atoms with Crippen LogP contribution in [0.2, 0.25) is 0 Å². The van der Waals surface area contributed by atoms with Crippen molar-refractivity contribution in [3.8, 4) is 11.5 Å².